The quantitative estimate of drug-likeness (QED) is 0.158. The maximum atomic E-state index is 4.92. The molecule has 0 aliphatic heterocycles. The molecule has 1 heterocycles. The molecule has 3 heteroatoms. The first-order valence-corrected chi connectivity index (χ1v) is 18.6. The van der Waals surface area contributed by atoms with Crippen molar-refractivity contribution in [2.24, 2.45) is 0 Å². The zero-order valence-corrected chi connectivity index (χ0v) is 30.5. The zero-order chi connectivity index (χ0) is 37.0. The number of hydrogen-bond donors (Lipinski definition) is 0. The Morgan fingerprint density at radius 3 is 0.982 bits per heavy atom. The molecule has 9 aromatic rings. The molecule has 0 N–H and O–H groups in total. The largest absolute Gasteiger partial charge is 0.208 e. The van der Waals surface area contributed by atoms with Gasteiger partial charge in [-0.25, -0.2) is 15.0 Å². The predicted molar refractivity (Wildman–Crippen MR) is 228 cm³/mol. The molecule has 0 atom stereocenters. The number of nitrogens with zero attached hydrogens (tertiary/aromatic N) is 3. The van der Waals surface area contributed by atoms with Crippen LogP contribution < -0.4 is 0 Å². The summed E-state index contributed by atoms with van der Waals surface area (Å²) in [4.78, 5) is 14.7. The average Bonchev–Trinajstić information content (AvgIpc) is 3.27. The van der Waals surface area contributed by atoms with Crippen LogP contribution >= 0.6 is 0 Å². The van der Waals surface area contributed by atoms with E-state index in [0.717, 1.165) is 33.4 Å². The van der Waals surface area contributed by atoms with Crippen LogP contribution in [0.2, 0.25) is 0 Å². The lowest BCUT2D eigenvalue weighted by Crippen LogP contribution is -2.00. The Labute approximate surface area is 322 Å². The van der Waals surface area contributed by atoms with Crippen LogP contribution in [0.1, 0.15) is 5.56 Å². The highest BCUT2D eigenvalue weighted by molar-refractivity contribution is 5.93. The highest BCUT2D eigenvalue weighted by Gasteiger charge is 2.15. The molecule has 9 rings (SSSR count). The third-order valence-corrected chi connectivity index (χ3v) is 10.1. The van der Waals surface area contributed by atoms with E-state index in [0.29, 0.717) is 17.5 Å². The fraction of sp³-hybridized carbons (Fsp3) is 0.0192. The van der Waals surface area contributed by atoms with Gasteiger partial charge in [0, 0.05) is 16.7 Å². The standard InChI is InChI=1S/C52H37N3/c1-36-26-28-37(29-27-36)42-18-12-20-44(34-42)46-22-8-10-24-48(46)49-25-11-9-23-47(49)45-21-13-19-43(35-45)38-30-32-41(33-31-38)52-54-50(39-14-4-2-5-15-39)53-51(55-52)40-16-6-3-7-17-40/h2-35H,1H3. The maximum Gasteiger partial charge on any atom is 0.164 e. The van der Waals surface area contributed by atoms with Crippen LogP contribution in [0.5, 0.6) is 0 Å². The number of aromatic nitrogens is 3. The first kappa shape index (κ1) is 33.6. The summed E-state index contributed by atoms with van der Waals surface area (Å²) < 4.78 is 0. The van der Waals surface area contributed by atoms with Gasteiger partial charge < -0.3 is 0 Å². The number of benzene rings is 8. The van der Waals surface area contributed by atoms with E-state index in [1.165, 1.54) is 44.5 Å². The third kappa shape index (κ3) is 7.12. The van der Waals surface area contributed by atoms with Crippen molar-refractivity contribution in [1.29, 1.82) is 0 Å². The lowest BCUT2D eigenvalue weighted by atomic mass is 9.88. The first-order chi connectivity index (χ1) is 27.2. The fourth-order valence-electron chi connectivity index (χ4n) is 7.17. The van der Waals surface area contributed by atoms with E-state index in [-0.39, 0.29) is 0 Å². The Balaban J connectivity index is 1.05. The monoisotopic (exact) mass is 703 g/mol. The van der Waals surface area contributed by atoms with Gasteiger partial charge in [0.15, 0.2) is 17.5 Å². The van der Waals surface area contributed by atoms with Crippen molar-refractivity contribution >= 4 is 0 Å². The van der Waals surface area contributed by atoms with E-state index in [4.69, 9.17) is 15.0 Å². The highest BCUT2D eigenvalue weighted by atomic mass is 15.0. The molecule has 260 valence electrons. The summed E-state index contributed by atoms with van der Waals surface area (Å²) >= 11 is 0. The van der Waals surface area contributed by atoms with E-state index in [9.17, 15) is 0 Å². The summed E-state index contributed by atoms with van der Waals surface area (Å²) in [5, 5.41) is 0. The second kappa shape index (κ2) is 15.0. The minimum absolute atomic E-state index is 0.644. The van der Waals surface area contributed by atoms with Crippen LogP contribution in [-0.4, -0.2) is 15.0 Å². The molecule has 8 aromatic carbocycles. The molecule has 0 radical (unpaired) electrons. The second-order valence-electron chi connectivity index (χ2n) is 13.7. The molecule has 0 saturated carbocycles. The van der Waals surface area contributed by atoms with Gasteiger partial charge in [-0.15, -0.1) is 0 Å². The molecule has 0 amide bonds. The minimum Gasteiger partial charge on any atom is -0.208 e. The molecule has 0 saturated heterocycles. The molecule has 1 aromatic heterocycles. The van der Waals surface area contributed by atoms with Crippen molar-refractivity contribution < 1.29 is 0 Å². The van der Waals surface area contributed by atoms with Crippen LogP contribution in [-0.2, 0) is 0 Å². The third-order valence-electron chi connectivity index (χ3n) is 10.1. The molecular formula is C52H37N3. The molecule has 0 unspecified atom stereocenters. The predicted octanol–water partition coefficient (Wildman–Crippen LogP) is 13.5. The van der Waals surface area contributed by atoms with E-state index in [2.05, 4.69) is 153 Å². The Morgan fingerprint density at radius 2 is 0.545 bits per heavy atom. The van der Waals surface area contributed by atoms with Crippen LogP contribution in [0.4, 0.5) is 0 Å². The summed E-state index contributed by atoms with van der Waals surface area (Å²) in [6, 6.07) is 72.6. The molecular weight excluding hydrogens is 667 g/mol. The molecule has 0 spiro atoms. The normalized spacial score (nSPS) is 11.0. The lowest BCUT2D eigenvalue weighted by Gasteiger charge is -2.16. The van der Waals surface area contributed by atoms with Gasteiger partial charge in [-0.2, -0.15) is 0 Å². The number of rotatable bonds is 8. The minimum atomic E-state index is 0.644. The van der Waals surface area contributed by atoms with Gasteiger partial charge in [-0.1, -0.05) is 200 Å². The van der Waals surface area contributed by atoms with Gasteiger partial charge in [0.2, 0.25) is 0 Å². The van der Waals surface area contributed by atoms with Crippen molar-refractivity contribution in [2.45, 2.75) is 6.92 Å². The van der Waals surface area contributed by atoms with Gasteiger partial charge in [0.05, 0.1) is 0 Å². The van der Waals surface area contributed by atoms with E-state index in [1.54, 1.807) is 0 Å². The Kier molecular flexibility index (Phi) is 9.17. The lowest BCUT2D eigenvalue weighted by molar-refractivity contribution is 1.07. The van der Waals surface area contributed by atoms with Crippen LogP contribution in [0.15, 0.2) is 206 Å². The maximum absolute atomic E-state index is 4.92. The van der Waals surface area contributed by atoms with Crippen LogP contribution in [0.25, 0.3) is 89.8 Å². The molecule has 0 aliphatic rings. The summed E-state index contributed by atoms with van der Waals surface area (Å²) in [5.74, 6) is 1.95. The van der Waals surface area contributed by atoms with Crippen LogP contribution in [0, 0.1) is 6.92 Å². The van der Waals surface area contributed by atoms with E-state index < -0.39 is 0 Å². The van der Waals surface area contributed by atoms with Gasteiger partial charge >= 0.3 is 0 Å². The molecule has 0 bridgehead atoms. The van der Waals surface area contributed by atoms with E-state index in [1.807, 2.05) is 60.7 Å². The number of aryl methyl sites for hydroxylation is 1. The van der Waals surface area contributed by atoms with Crippen molar-refractivity contribution in [3.05, 3.63) is 212 Å². The Morgan fingerprint density at radius 1 is 0.236 bits per heavy atom. The van der Waals surface area contributed by atoms with Crippen molar-refractivity contribution in [3.63, 3.8) is 0 Å². The van der Waals surface area contributed by atoms with Crippen molar-refractivity contribution in [1.82, 2.24) is 15.0 Å². The topological polar surface area (TPSA) is 38.7 Å². The Bertz CT molecular complexity index is 2680. The molecule has 0 fully saturated rings. The summed E-state index contributed by atoms with van der Waals surface area (Å²) in [5.41, 5.74) is 16.0. The Hall–Kier alpha value is -7.23. The summed E-state index contributed by atoms with van der Waals surface area (Å²) in [6.07, 6.45) is 0. The van der Waals surface area contributed by atoms with Crippen molar-refractivity contribution in [3.8, 4) is 89.8 Å². The van der Waals surface area contributed by atoms with E-state index >= 15 is 0 Å². The first-order valence-electron chi connectivity index (χ1n) is 18.6. The van der Waals surface area contributed by atoms with Crippen LogP contribution in [0.3, 0.4) is 0 Å². The van der Waals surface area contributed by atoms with Gasteiger partial charge in [0.1, 0.15) is 0 Å². The molecule has 55 heavy (non-hydrogen) atoms. The average molecular weight is 704 g/mol. The van der Waals surface area contributed by atoms with Gasteiger partial charge in [-0.3, -0.25) is 0 Å². The van der Waals surface area contributed by atoms with Gasteiger partial charge in [-0.05, 0) is 74.7 Å². The molecule has 3 nitrogen and oxygen atoms in total. The number of hydrogen-bond acceptors (Lipinski definition) is 3. The zero-order valence-electron chi connectivity index (χ0n) is 30.5. The smallest absolute Gasteiger partial charge is 0.164 e. The fourth-order valence-corrected chi connectivity index (χ4v) is 7.17. The summed E-state index contributed by atoms with van der Waals surface area (Å²) in [7, 11) is 0. The second-order valence-corrected chi connectivity index (χ2v) is 13.7. The van der Waals surface area contributed by atoms with Crippen molar-refractivity contribution in [2.75, 3.05) is 0 Å². The SMILES string of the molecule is Cc1ccc(-c2cccc(-c3ccccc3-c3ccccc3-c3cccc(-c4ccc(-c5nc(-c6ccccc6)nc(-c6ccccc6)n5)cc4)c3)c2)cc1. The highest BCUT2D eigenvalue weighted by Crippen LogP contribution is 2.40. The molecule has 0 aliphatic carbocycles. The summed E-state index contributed by atoms with van der Waals surface area (Å²) in [6.45, 7) is 2.13. The van der Waals surface area contributed by atoms with Gasteiger partial charge in [0.25, 0.3) is 0 Å².